The van der Waals surface area contributed by atoms with Gasteiger partial charge in [0.2, 0.25) is 0 Å². The number of thiophene rings is 1. The first-order valence-corrected chi connectivity index (χ1v) is 7.27. The van der Waals surface area contributed by atoms with E-state index in [0.717, 1.165) is 17.5 Å². The molecule has 4 heteroatoms. The van der Waals surface area contributed by atoms with Crippen LogP contribution in [-0.2, 0) is 6.42 Å². The molecule has 2 N–H and O–H groups in total. The van der Waals surface area contributed by atoms with Crippen molar-refractivity contribution in [1.29, 1.82) is 0 Å². The zero-order valence-electron chi connectivity index (χ0n) is 10.8. The van der Waals surface area contributed by atoms with Crippen molar-refractivity contribution >= 4 is 11.3 Å². The van der Waals surface area contributed by atoms with Crippen molar-refractivity contribution in [2.45, 2.75) is 25.5 Å². The van der Waals surface area contributed by atoms with Gasteiger partial charge in [-0.05, 0) is 53.4 Å². The lowest BCUT2D eigenvalue weighted by Crippen LogP contribution is -2.31. The Balaban J connectivity index is 1.78. The van der Waals surface area contributed by atoms with E-state index in [1.807, 2.05) is 16.8 Å². The molecule has 19 heavy (non-hydrogen) atoms. The van der Waals surface area contributed by atoms with Gasteiger partial charge in [0, 0.05) is 12.6 Å². The summed E-state index contributed by atoms with van der Waals surface area (Å²) in [6, 6.07) is 8.70. The standard InChI is InChI=1S/C15H18FNOS/c1-11(8-12-2-4-14(16)5-3-12)17-9-15(18)13-6-7-19-10-13/h2-7,10-11,15,17-18H,8-9H2,1H3. The van der Waals surface area contributed by atoms with Crippen LogP contribution in [0, 0.1) is 5.82 Å². The normalized spacial score (nSPS) is 14.3. The second kappa shape index (κ2) is 6.80. The second-order valence-corrected chi connectivity index (χ2v) is 5.49. The lowest BCUT2D eigenvalue weighted by Gasteiger charge is -2.16. The van der Waals surface area contributed by atoms with E-state index in [4.69, 9.17) is 0 Å². The highest BCUT2D eigenvalue weighted by molar-refractivity contribution is 7.07. The summed E-state index contributed by atoms with van der Waals surface area (Å²) in [5.74, 6) is -0.211. The molecule has 2 nitrogen and oxygen atoms in total. The van der Waals surface area contributed by atoms with E-state index in [1.54, 1.807) is 23.5 Å². The minimum absolute atomic E-state index is 0.211. The number of nitrogens with one attached hydrogen (secondary N) is 1. The average Bonchev–Trinajstić information content (AvgIpc) is 2.93. The molecule has 0 radical (unpaired) electrons. The lowest BCUT2D eigenvalue weighted by molar-refractivity contribution is 0.171. The first kappa shape index (κ1) is 14.2. The molecule has 0 bridgehead atoms. The smallest absolute Gasteiger partial charge is 0.123 e. The molecule has 1 aromatic heterocycles. The average molecular weight is 279 g/mol. The summed E-state index contributed by atoms with van der Waals surface area (Å²) in [6.45, 7) is 2.59. The molecular formula is C15H18FNOS. The third-order valence-corrected chi connectivity index (χ3v) is 3.74. The van der Waals surface area contributed by atoms with Crippen molar-refractivity contribution < 1.29 is 9.50 Å². The molecule has 1 aromatic carbocycles. The van der Waals surface area contributed by atoms with Gasteiger partial charge in [0.1, 0.15) is 5.82 Å². The van der Waals surface area contributed by atoms with Crippen molar-refractivity contribution in [3.05, 3.63) is 58.0 Å². The van der Waals surface area contributed by atoms with Gasteiger partial charge < -0.3 is 10.4 Å². The third-order valence-electron chi connectivity index (χ3n) is 3.04. The molecule has 0 fully saturated rings. The van der Waals surface area contributed by atoms with E-state index in [-0.39, 0.29) is 11.9 Å². The summed E-state index contributed by atoms with van der Waals surface area (Å²) in [5, 5.41) is 17.2. The van der Waals surface area contributed by atoms with Crippen LogP contribution in [0.15, 0.2) is 41.1 Å². The van der Waals surface area contributed by atoms with E-state index < -0.39 is 6.10 Å². The summed E-state index contributed by atoms with van der Waals surface area (Å²) in [7, 11) is 0. The van der Waals surface area contributed by atoms with E-state index in [2.05, 4.69) is 12.2 Å². The van der Waals surface area contributed by atoms with Gasteiger partial charge >= 0.3 is 0 Å². The van der Waals surface area contributed by atoms with E-state index in [9.17, 15) is 9.50 Å². The number of aliphatic hydroxyl groups is 1. The first-order chi connectivity index (χ1) is 9.15. The molecule has 0 amide bonds. The minimum Gasteiger partial charge on any atom is -0.387 e. The van der Waals surface area contributed by atoms with Gasteiger partial charge in [0.15, 0.2) is 0 Å². The molecule has 0 aliphatic carbocycles. The highest BCUT2D eigenvalue weighted by Gasteiger charge is 2.10. The largest absolute Gasteiger partial charge is 0.387 e. The zero-order chi connectivity index (χ0) is 13.7. The summed E-state index contributed by atoms with van der Waals surface area (Å²) in [4.78, 5) is 0. The molecule has 2 aromatic rings. The molecule has 0 saturated carbocycles. The van der Waals surface area contributed by atoms with Gasteiger partial charge in [-0.3, -0.25) is 0 Å². The quantitative estimate of drug-likeness (QED) is 0.851. The predicted octanol–water partition coefficient (Wildman–Crippen LogP) is 3.14. The Morgan fingerprint density at radius 2 is 2.00 bits per heavy atom. The lowest BCUT2D eigenvalue weighted by atomic mass is 10.1. The van der Waals surface area contributed by atoms with Crippen LogP contribution in [-0.4, -0.2) is 17.7 Å². The molecule has 0 aliphatic rings. The van der Waals surface area contributed by atoms with Crippen LogP contribution in [0.2, 0.25) is 0 Å². The van der Waals surface area contributed by atoms with Crippen LogP contribution in [0.1, 0.15) is 24.2 Å². The molecule has 0 aliphatic heterocycles. The molecule has 2 atom stereocenters. The number of rotatable bonds is 6. The number of aliphatic hydroxyl groups excluding tert-OH is 1. The maximum absolute atomic E-state index is 12.8. The van der Waals surface area contributed by atoms with Gasteiger partial charge in [-0.15, -0.1) is 0 Å². The Labute approximate surface area is 116 Å². The Hall–Kier alpha value is -1.23. The monoisotopic (exact) mass is 279 g/mol. The number of hydrogen-bond acceptors (Lipinski definition) is 3. The minimum atomic E-state index is -0.470. The molecule has 0 saturated heterocycles. The number of halogens is 1. The van der Waals surface area contributed by atoms with Gasteiger partial charge in [-0.25, -0.2) is 4.39 Å². The van der Waals surface area contributed by atoms with Crippen LogP contribution < -0.4 is 5.32 Å². The number of hydrogen-bond donors (Lipinski definition) is 2. The fraction of sp³-hybridized carbons (Fsp3) is 0.333. The molecule has 1 heterocycles. The van der Waals surface area contributed by atoms with E-state index >= 15 is 0 Å². The van der Waals surface area contributed by atoms with Crippen molar-refractivity contribution in [3.8, 4) is 0 Å². The van der Waals surface area contributed by atoms with Crippen LogP contribution in [0.4, 0.5) is 4.39 Å². The van der Waals surface area contributed by atoms with Crippen molar-refractivity contribution in [1.82, 2.24) is 5.32 Å². The van der Waals surface area contributed by atoms with Gasteiger partial charge in [0.25, 0.3) is 0 Å². The van der Waals surface area contributed by atoms with Crippen LogP contribution in [0.25, 0.3) is 0 Å². The van der Waals surface area contributed by atoms with E-state index in [1.165, 1.54) is 12.1 Å². The van der Waals surface area contributed by atoms with Crippen LogP contribution >= 0.6 is 11.3 Å². The topological polar surface area (TPSA) is 32.3 Å². The summed E-state index contributed by atoms with van der Waals surface area (Å²) in [6.07, 6.45) is 0.346. The highest BCUT2D eigenvalue weighted by atomic mass is 32.1. The Kier molecular flexibility index (Phi) is 5.07. The van der Waals surface area contributed by atoms with Crippen molar-refractivity contribution in [3.63, 3.8) is 0 Å². The maximum Gasteiger partial charge on any atom is 0.123 e. The van der Waals surface area contributed by atoms with Gasteiger partial charge in [-0.2, -0.15) is 11.3 Å². The van der Waals surface area contributed by atoms with Gasteiger partial charge in [0.05, 0.1) is 6.10 Å². The molecule has 102 valence electrons. The Morgan fingerprint density at radius 3 is 2.63 bits per heavy atom. The second-order valence-electron chi connectivity index (χ2n) is 4.71. The fourth-order valence-corrected chi connectivity index (χ4v) is 2.65. The van der Waals surface area contributed by atoms with Crippen molar-refractivity contribution in [2.24, 2.45) is 0 Å². The zero-order valence-corrected chi connectivity index (χ0v) is 11.7. The fourth-order valence-electron chi connectivity index (χ4n) is 1.94. The summed E-state index contributed by atoms with van der Waals surface area (Å²) in [5.41, 5.74) is 2.04. The van der Waals surface area contributed by atoms with Crippen molar-refractivity contribution in [2.75, 3.05) is 6.54 Å². The maximum atomic E-state index is 12.8. The number of benzene rings is 1. The summed E-state index contributed by atoms with van der Waals surface area (Å²) >= 11 is 1.58. The van der Waals surface area contributed by atoms with Gasteiger partial charge in [-0.1, -0.05) is 12.1 Å². The van der Waals surface area contributed by atoms with E-state index in [0.29, 0.717) is 6.54 Å². The third kappa shape index (κ3) is 4.42. The molecule has 2 unspecified atom stereocenters. The predicted molar refractivity (Wildman–Crippen MR) is 76.8 cm³/mol. The van der Waals surface area contributed by atoms with Crippen LogP contribution in [0.5, 0.6) is 0 Å². The Bertz CT molecular complexity index is 483. The van der Waals surface area contributed by atoms with Crippen LogP contribution in [0.3, 0.4) is 0 Å². The first-order valence-electron chi connectivity index (χ1n) is 6.33. The highest BCUT2D eigenvalue weighted by Crippen LogP contribution is 2.15. The molecule has 2 rings (SSSR count). The summed E-state index contributed by atoms with van der Waals surface area (Å²) < 4.78 is 12.8. The molecular weight excluding hydrogens is 261 g/mol. The SMILES string of the molecule is CC(Cc1ccc(F)cc1)NCC(O)c1ccsc1. The molecule has 0 spiro atoms. The Morgan fingerprint density at radius 1 is 1.26 bits per heavy atom.